The van der Waals surface area contributed by atoms with Gasteiger partial charge in [-0.2, -0.15) is 0 Å². The lowest BCUT2D eigenvalue weighted by molar-refractivity contribution is 0.311. The van der Waals surface area contributed by atoms with Gasteiger partial charge in [0.1, 0.15) is 0 Å². The molecule has 0 amide bonds. The summed E-state index contributed by atoms with van der Waals surface area (Å²) in [6.45, 7) is 4.57. The van der Waals surface area contributed by atoms with Crippen LogP contribution in [-0.2, 0) is 0 Å². The number of nitrogens with zero attached hydrogens (tertiary/aromatic N) is 1. The molecule has 1 fully saturated rings. The van der Waals surface area contributed by atoms with E-state index >= 15 is 0 Å². The summed E-state index contributed by atoms with van der Waals surface area (Å²) in [5, 5.41) is 11.9. The third kappa shape index (κ3) is 2.52. The lowest BCUT2D eigenvalue weighted by Crippen LogP contribution is -2.08. The van der Waals surface area contributed by atoms with Gasteiger partial charge in [-0.1, -0.05) is 19.0 Å². The number of hydrogen-bond acceptors (Lipinski definition) is 2. The molecule has 1 aliphatic rings. The summed E-state index contributed by atoms with van der Waals surface area (Å²) < 4.78 is 0. The largest absolute Gasteiger partial charge is 0.411 e. The van der Waals surface area contributed by atoms with E-state index < -0.39 is 0 Å². The lowest BCUT2D eigenvalue weighted by atomic mass is 9.85. The molecule has 0 aromatic rings. The van der Waals surface area contributed by atoms with Crippen LogP contribution in [0, 0.1) is 5.41 Å². The molecule has 0 saturated heterocycles. The minimum Gasteiger partial charge on any atom is -0.411 e. The molecular formula is C9H17NO. The molecule has 0 heterocycles. The van der Waals surface area contributed by atoms with Crippen LogP contribution in [0.3, 0.4) is 0 Å². The van der Waals surface area contributed by atoms with Crippen molar-refractivity contribution in [2.75, 3.05) is 0 Å². The van der Waals surface area contributed by atoms with Gasteiger partial charge in [-0.25, -0.2) is 0 Å². The average Bonchev–Trinajstić information content (AvgIpc) is 2.10. The van der Waals surface area contributed by atoms with Crippen molar-refractivity contribution in [2.45, 2.75) is 46.0 Å². The summed E-state index contributed by atoms with van der Waals surface area (Å²) in [6, 6.07) is 0. The summed E-state index contributed by atoms with van der Waals surface area (Å²) >= 11 is 0. The monoisotopic (exact) mass is 155 g/mol. The van der Waals surface area contributed by atoms with Crippen molar-refractivity contribution < 1.29 is 5.21 Å². The maximum Gasteiger partial charge on any atom is 0.0571 e. The highest BCUT2D eigenvalue weighted by molar-refractivity contribution is 5.84. The number of oxime groups is 1. The Labute approximate surface area is 68.3 Å². The minimum atomic E-state index is 0.451. The number of hydrogen-bond donors (Lipinski definition) is 1. The molecule has 64 valence electrons. The summed E-state index contributed by atoms with van der Waals surface area (Å²) in [7, 11) is 0. The quantitative estimate of drug-likeness (QED) is 0.325. The first-order valence-corrected chi connectivity index (χ1v) is 4.34. The van der Waals surface area contributed by atoms with Crippen LogP contribution in [0.2, 0.25) is 0 Å². The fourth-order valence-electron chi connectivity index (χ4n) is 1.60. The zero-order valence-electron chi connectivity index (χ0n) is 7.43. The van der Waals surface area contributed by atoms with E-state index in [1.165, 1.54) is 12.8 Å². The molecule has 1 N–H and O–H groups in total. The highest BCUT2D eigenvalue weighted by Crippen LogP contribution is 2.32. The molecule has 1 rings (SSSR count). The smallest absolute Gasteiger partial charge is 0.0571 e. The van der Waals surface area contributed by atoms with Gasteiger partial charge in [-0.3, -0.25) is 0 Å². The first-order valence-electron chi connectivity index (χ1n) is 4.34. The normalized spacial score (nSPS) is 28.4. The van der Waals surface area contributed by atoms with E-state index in [-0.39, 0.29) is 0 Å². The maximum absolute atomic E-state index is 8.57. The van der Waals surface area contributed by atoms with E-state index in [2.05, 4.69) is 19.0 Å². The van der Waals surface area contributed by atoms with E-state index in [1.807, 2.05) is 0 Å². The molecule has 0 radical (unpaired) electrons. The van der Waals surface area contributed by atoms with Crippen molar-refractivity contribution in [2.24, 2.45) is 10.6 Å². The van der Waals surface area contributed by atoms with Gasteiger partial charge < -0.3 is 5.21 Å². The highest BCUT2D eigenvalue weighted by atomic mass is 16.4. The van der Waals surface area contributed by atoms with Crippen LogP contribution in [-0.4, -0.2) is 10.9 Å². The minimum absolute atomic E-state index is 0.451. The van der Waals surface area contributed by atoms with Crippen molar-refractivity contribution in [1.29, 1.82) is 0 Å². The second-order valence-corrected chi connectivity index (χ2v) is 4.18. The molecule has 0 unspecified atom stereocenters. The zero-order valence-corrected chi connectivity index (χ0v) is 7.43. The van der Waals surface area contributed by atoms with Crippen molar-refractivity contribution in [3.8, 4) is 0 Å². The van der Waals surface area contributed by atoms with Gasteiger partial charge in [0.05, 0.1) is 5.71 Å². The maximum atomic E-state index is 8.57. The Balaban J connectivity index is 2.53. The molecule has 2 heteroatoms. The third-order valence-electron chi connectivity index (χ3n) is 2.55. The fraction of sp³-hybridized carbons (Fsp3) is 0.889. The predicted octanol–water partition coefficient (Wildman–Crippen LogP) is 2.81. The summed E-state index contributed by atoms with van der Waals surface area (Å²) in [5.74, 6) is 0. The summed E-state index contributed by atoms with van der Waals surface area (Å²) in [5.41, 5.74) is 1.43. The fourth-order valence-corrected chi connectivity index (χ4v) is 1.60. The van der Waals surface area contributed by atoms with Gasteiger partial charge in [-0.15, -0.1) is 0 Å². The van der Waals surface area contributed by atoms with Crippen molar-refractivity contribution in [1.82, 2.24) is 0 Å². The van der Waals surface area contributed by atoms with Gasteiger partial charge in [0.25, 0.3) is 0 Å². The standard InChI is InChI=1S/C9H17NO/c1-9(2)6-3-4-8(10-11)5-7-9/h11H,3-7H2,1-2H3/b10-8+. The van der Waals surface area contributed by atoms with Gasteiger partial charge in [0, 0.05) is 0 Å². The summed E-state index contributed by atoms with van der Waals surface area (Å²) in [6.07, 6.45) is 5.55. The van der Waals surface area contributed by atoms with E-state index in [0.29, 0.717) is 5.41 Å². The Morgan fingerprint density at radius 3 is 2.64 bits per heavy atom. The van der Waals surface area contributed by atoms with Crippen LogP contribution in [0.1, 0.15) is 46.0 Å². The Bertz CT molecular complexity index is 161. The second-order valence-electron chi connectivity index (χ2n) is 4.18. The van der Waals surface area contributed by atoms with Crippen molar-refractivity contribution in [3.63, 3.8) is 0 Å². The summed E-state index contributed by atoms with van der Waals surface area (Å²) in [4.78, 5) is 0. The number of rotatable bonds is 0. The molecule has 0 aromatic carbocycles. The van der Waals surface area contributed by atoms with Crippen LogP contribution in [0.25, 0.3) is 0 Å². The third-order valence-corrected chi connectivity index (χ3v) is 2.55. The van der Waals surface area contributed by atoms with Gasteiger partial charge in [-0.05, 0) is 37.5 Å². The zero-order chi connectivity index (χ0) is 8.32. The SMILES string of the molecule is CC1(C)CCC/C(=N\O)CC1. The van der Waals surface area contributed by atoms with Crippen molar-refractivity contribution in [3.05, 3.63) is 0 Å². The molecular weight excluding hydrogens is 138 g/mol. The van der Waals surface area contributed by atoms with Crippen LogP contribution < -0.4 is 0 Å². The molecule has 0 aliphatic heterocycles. The highest BCUT2D eigenvalue weighted by Gasteiger charge is 2.21. The Hall–Kier alpha value is -0.530. The van der Waals surface area contributed by atoms with Crippen LogP contribution in [0.15, 0.2) is 5.16 Å². The Morgan fingerprint density at radius 1 is 1.27 bits per heavy atom. The van der Waals surface area contributed by atoms with Gasteiger partial charge in [0.15, 0.2) is 0 Å². The second kappa shape index (κ2) is 3.24. The average molecular weight is 155 g/mol. The molecule has 2 nitrogen and oxygen atoms in total. The van der Waals surface area contributed by atoms with Crippen LogP contribution in [0.5, 0.6) is 0 Å². The lowest BCUT2D eigenvalue weighted by Gasteiger charge is -2.20. The molecule has 0 aromatic heterocycles. The van der Waals surface area contributed by atoms with E-state index in [1.54, 1.807) is 0 Å². The van der Waals surface area contributed by atoms with Crippen molar-refractivity contribution >= 4 is 5.71 Å². The van der Waals surface area contributed by atoms with Crippen LogP contribution >= 0.6 is 0 Å². The predicted molar refractivity (Wildman–Crippen MR) is 46.1 cm³/mol. The first-order chi connectivity index (χ1) is 5.14. The topological polar surface area (TPSA) is 32.6 Å². The van der Waals surface area contributed by atoms with E-state index in [4.69, 9.17) is 5.21 Å². The molecule has 1 aliphatic carbocycles. The Kier molecular flexibility index (Phi) is 2.53. The van der Waals surface area contributed by atoms with Gasteiger partial charge in [0.2, 0.25) is 0 Å². The van der Waals surface area contributed by atoms with Crippen LogP contribution in [0.4, 0.5) is 0 Å². The molecule has 0 atom stereocenters. The molecule has 0 spiro atoms. The molecule has 11 heavy (non-hydrogen) atoms. The van der Waals surface area contributed by atoms with E-state index in [9.17, 15) is 0 Å². The van der Waals surface area contributed by atoms with E-state index in [0.717, 1.165) is 25.0 Å². The first kappa shape index (κ1) is 8.57. The molecule has 1 saturated carbocycles. The Morgan fingerprint density at radius 2 is 2.00 bits per heavy atom. The van der Waals surface area contributed by atoms with Gasteiger partial charge >= 0.3 is 0 Å². The molecule has 0 bridgehead atoms.